The van der Waals surface area contributed by atoms with Crippen molar-refractivity contribution in [2.75, 3.05) is 20.2 Å². The number of likely N-dealkylation sites (tertiary alicyclic amines) is 1. The van der Waals surface area contributed by atoms with Crippen LogP contribution in [0.5, 0.6) is 0 Å². The first-order valence-electron chi connectivity index (χ1n) is 5.84. The first-order chi connectivity index (χ1) is 8.60. The van der Waals surface area contributed by atoms with Crippen LogP contribution in [0.3, 0.4) is 0 Å². The van der Waals surface area contributed by atoms with Gasteiger partial charge < -0.3 is 9.64 Å². The van der Waals surface area contributed by atoms with Crippen LogP contribution in [0, 0.1) is 5.82 Å². The lowest BCUT2D eigenvalue weighted by atomic mass is 10.1. The summed E-state index contributed by atoms with van der Waals surface area (Å²) in [6, 6.07) is 4.64. The molecule has 1 aliphatic rings. The maximum atomic E-state index is 13.5. The van der Waals surface area contributed by atoms with Crippen LogP contribution < -0.4 is 0 Å². The number of amides is 1. The zero-order chi connectivity index (χ0) is 13.1. The maximum Gasteiger partial charge on any atom is 0.227 e. The Labute approximate surface area is 114 Å². The second-order valence-electron chi connectivity index (χ2n) is 4.40. The van der Waals surface area contributed by atoms with Gasteiger partial charge in [-0.1, -0.05) is 15.9 Å². The summed E-state index contributed by atoms with van der Waals surface area (Å²) in [5, 5.41) is 0. The van der Waals surface area contributed by atoms with Crippen molar-refractivity contribution in [3.05, 3.63) is 34.1 Å². The normalized spacial score (nSPS) is 19.3. The molecule has 1 heterocycles. The number of halogens is 2. The molecule has 0 bridgehead atoms. The van der Waals surface area contributed by atoms with Gasteiger partial charge in [-0.15, -0.1) is 0 Å². The average molecular weight is 316 g/mol. The van der Waals surface area contributed by atoms with Gasteiger partial charge in [-0.3, -0.25) is 4.79 Å². The largest absolute Gasteiger partial charge is 0.380 e. The lowest BCUT2D eigenvalue weighted by Crippen LogP contribution is -2.31. The second kappa shape index (κ2) is 5.80. The average Bonchev–Trinajstić information content (AvgIpc) is 2.82. The van der Waals surface area contributed by atoms with E-state index in [1.807, 2.05) is 0 Å². The molecule has 1 fully saturated rings. The van der Waals surface area contributed by atoms with Gasteiger partial charge in [0.05, 0.1) is 12.5 Å². The number of ether oxygens (including phenoxy) is 1. The van der Waals surface area contributed by atoms with Crippen molar-refractivity contribution in [2.45, 2.75) is 18.9 Å². The number of methoxy groups -OCH3 is 1. The number of nitrogens with zero attached hydrogens (tertiary/aromatic N) is 1. The van der Waals surface area contributed by atoms with E-state index in [9.17, 15) is 9.18 Å². The summed E-state index contributed by atoms with van der Waals surface area (Å²) in [7, 11) is 1.65. The topological polar surface area (TPSA) is 29.5 Å². The fraction of sp³-hybridized carbons (Fsp3) is 0.462. The Morgan fingerprint density at radius 1 is 1.61 bits per heavy atom. The monoisotopic (exact) mass is 315 g/mol. The van der Waals surface area contributed by atoms with Crippen LogP contribution in [0.1, 0.15) is 12.0 Å². The van der Waals surface area contributed by atoms with Crippen molar-refractivity contribution in [2.24, 2.45) is 0 Å². The summed E-state index contributed by atoms with van der Waals surface area (Å²) in [6.07, 6.45) is 1.06. The third-order valence-corrected chi connectivity index (χ3v) is 3.67. The fourth-order valence-electron chi connectivity index (χ4n) is 2.10. The van der Waals surface area contributed by atoms with Crippen LogP contribution in [-0.2, 0) is 16.0 Å². The van der Waals surface area contributed by atoms with Crippen molar-refractivity contribution in [3.63, 3.8) is 0 Å². The van der Waals surface area contributed by atoms with Crippen molar-refractivity contribution in [1.82, 2.24) is 4.90 Å². The molecule has 1 aromatic carbocycles. The molecule has 0 aliphatic carbocycles. The quantitative estimate of drug-likeness (QED) is 0.857. The first-order valence-corrected chi connectivity index (χ1v) is 6.64. The highest BCUT2D eigenvalue weighted by atomic mass is 79.9. The van der Waals surface area contributed by atoms with Gasteiger partial charge in [-0.05, 0) is 30.2 Å². The van der Waals surface area contributed by atoms with Crippen molar-refractivity contribution in [3.8, 4) is 0 Å². The van der Waals surface area contributed by atoms with Crippen LogP contribution in [0.15, 0.2) is 22.7 Å². The molecule has 2 rings (SSSR count). The molecule has 1 amide bonds. The van der Waals surface area contributed by atoms with Gasteiger partial charge in [0.25, 0.3) is 0 Å². The van der Waals surface area contributed by atoms with Crippen molar-refractivity contribution < 1.29 is 13.9 Å². The summed E-state index contributed by atoms with van der Waals surface area (Å²) in [5.74, 6) is -0.388. The highest BCUT2D eigenvalue weighted by molar-refractivity contribution is 9.10. The molecule has 1 atom stereocenters. The molecule has 1 unspecified atom stereocenters. The Morgan fingerprint density at radius 3 is 3.06 bits per heavy atom. The summed E-state index contributed by atoms with van der Waals surface area (Å²) < 4.78 is 19.5. The van der Waals surface area contributed by atoms with E-state index in [4.69, 9.17) is 4.74 Å². The third kappa shape index (κ3) is 3.09. The predicted molar refractivity (Wildman–Crippen MR) is 69.8 cm³/mol. The molecule has 5 heteroatoms. The number of benzene rings is 1. The smallest absolute Gasteiger partial charge is 0.227 e. The Morgan fingerprint density at radius 2 is 2.39 bits per heavy atom. The molecule has 1 saturated heterocycles. The summed E-state index contributed by atoms with van der Waals surface area (Å²) in [5.41, 5.74) is 0.426. The predicted octanol–water partition coefficient (Wildman–Crippen LogP) is 2.38. The van der Waals surface area contributed by atoms with Crippen molar-refractivity contribution >= 4 is 21.8 Å². The molecule has 3 nitrogen and oxygen atoms in total. The van der Waals surface area contributed by atoms with E-state index in [0.29, 0.717) is 18.7 Å². The van der Waals surface area contributed by atoms with Crippen LogP contribution in [0.4, 0.5) is 4.39 Å². The SMILES string of the molecule is COC1CCN(C(=O)Cc2cc(Br)ccc2F)C1. The minimum absolute atomic E-state index is 0.0495. The van der Waals surface area contributed by atoms with Crippen LogP contribution in [0.2, 0.25) is 0 Å². The van der Waals surface area contributed by atoms with Gasteiger partial charge in [-0.25, -0.2) is 4.39 Å². The van der Waals surface area contributed by atoms with Gasteiger partial charge in [-0.2, -0.15) is 0 Å². The lowest BCUT2D eigenvalue weighted by Gasteiger charge is -2.16. The highest BCUT2D eigenvalue weighted by Gasteiger charge is 2.26. The number of carbonyl (C=O) groups is 1. The molecule has 98 valence electrons. The summed E-state index contributed by atoms with van der Waals surface area (Å²) in [6.45, 7) is 1.29. The molecule has 0 saturated carbocycles. The molecule has 0 spiro atoms. The van der Waals surface area contributed by atoms with Gasteiger partial charge in [0.1, 0.15) is 5.82 Å². The highest BCUT2D eigenvalue weighted by Crippen LogP contribution is 2.18. The number of hydrogen-bond donors (Lipinski definition) is 0. The van der Waals surface area contributed by atoms with E-state index in [1.54, 1.807) is 24.1 Å². The molecular weight excluding hydrogens is 301 g/mol. The summed E-state index contributed by atoms with van der Waals surface area (Å²) in [4.78, 5) is 13.8. The van der Waals surface area contributed by atoms with Gasteiger partial charge in [0, 0.05) is 24.7 Å². The van der Waals surface area contributed by atoms with E-state index in [0.717, 1.165) is 10.9 Å². The minimum atomic E-state index is -0.339. The van der Waals surface area contributed by atoms with Gasteiger partial charge in [0.2, 0.25) is 5.91 Å². The van der Waals surface area contributed by atoms with E-state index >= 15 is 0 Å². The Bertz CT molecular complexity index is 453. The maximum absolute atomic E-state index is 13.5. The van der Waals surface area contributed by atoms with Crippen molar-refractivity contribution in [1.29, 1.82) is 0 Å². The molecule has 0 N–H and O–H groups in total. The molecule has 0 aromatic heterocycles. The lowest BCUT2D eigenvalue weighted by molar-refractivity contribution is -0.129. The first kappa shape index (κ1) is 13.5. The second-order valence-corrected chi connectivity index (χ2v) is 5.31. The van der Waals surface area contributed by atoms with Crippen LogP contribution in [-0.4, -0.2) is 37.1 Å². The molecular formula is C13H15BrFNO2. The fourth-order valence-corrected chi connectivity index (χ4v) is 2.51. The number of carbonyl (C=O) groups excluding carboxylic acids is 1. The number of hydrogen-bond acceptors (Lipinski definition) is 2. The number of rotatable bonds is 3. The van der Waals surface area contributed by atoms with Crippen LogP contribution >= 0.6 is 15.9 Å². The zero-order valence-corrected chi connectivity index (χ0v) is 11.7. The summed E-state index contributed by atoms with van der Waals surface area (Å²) >= 11 is 3.28. The minimum Gasteiger partial charge on any atom is -0.380 e. The Kier molecular flexibility index (Phi) is 4.35. The molecule has 0 radical (unpaired) electrons. The van der Waals surface area contributed by atoms with Gasteiger partial charge in [0.15, 0.2) is 0 Å². The molecule has 1 aromatic rings. The molecule has 18 heavy (non-hydrogen) atoms. The van der Waals surface area contributed by atoms with Crippen LogP contribution in [0.25, 0.3) is 0 Å². The Hall–Kier alpha value is -0.940. The standard InChI is InChI=1S/C13H15BrFNO2/c1-18-11-4-5-16(8-11)13(17)7-9-6-10(14)2-3-12(9)15/h2-3,6,11H,4-5,7-8H2,1H3. The third-order valence-electron chi connectivity index (χ3n) is 3.18. The van der Waals surface area contributed by atoms with Gasteiger partial charge >= 0.3 is 0 Å². The Balaban J connectivity index is 2.01. The van der Waals surface area contributed by atoms with E-state index in [1.165, 1.54) is 6.07 Å². The molecule has 1 aliphatic heterocycles. The van der Waals surface area contributed by atoms with E-state index < -0.39 is 0 Å². The van der Waals surface area contributed by atoms with E-state index in [2.05, 4.69) is 15.9 Å². The van der Waals surface area contributed by atoms with E-state index in [-0.39, 0.29) is 24.2 Å². The zero-order valence-electron chi connectivity index (χ0n) is 10.2.